The number of piperazine rings is 1. The van der Waals surface area contributed by atoms with Crippen molar-refractivity contribution in [2.45, 2.75) is 19.9 Å². The SMILES string of the molecule is CCOC(=O)N1CC[NH+]([C@H](C)C(=O)Nc2cccc(Cl)c2)CC1. The van der Waals surface area contributed by atoms with Crippen LogP contribution in [0.15, 0.2) is 24.3 Å². The highest BCUT2D eigenvalue weighted by atomic mass is 35.5. The van der Waals surface area contributed by atoms with Crippen LogP contribution < -0.4 is 10.2 Å². The van der Waals surface area contributed by atoms with Crippen LogP contribution in [0.25, 0.3) is 0 Å². The first-order valence-corrected chi connectivity index (χ1v) is 8.21. The van der Waals surface area contributed by atoms with Crippen LogP contribution in [0.2, 0.25) is 5.02 Å². The van der Waals surface area contributed by atoms with Gasteiger partial charge in [-0.25, -0.2) is 4.79 Å². The normalized spacial score (nSPS) is 16.7. The number of anilines is 1. The average molecular weight is 341 g/mol. The van der Waals surface area contributed by atoms with Crippen LogP contribution in [0.1, 0.15) is 13.8 Å². The van der Waals surface area contributed by atoms with Gasteiger partial charge in [-0.1, -0.05) is 17.7 Å². The molecular formula is C16H23ClN3O3+. The maximum Gasteiger partial charge on any atom is 0.410 e. The largest absolute Gasteiger partial charge is 0.450 e. The molecule has 1 fully saturated rings. The van der Waals surface area contributed by atoms with E-state index in [0.717, 1.165) is 18.0 Å². The highest BCUT2D eigenvalue weighted by Gasteiger charge is 2.31. The molecular weight excluding hydrogens is 318 g/mol. The number of nitrogens with zero attached hydrogens (tertiary/aromatic N) is 1. The molecule has 1 saturated heterocycles. The first-order chi connectivity index (χ1) is 11.0. The molecule has 0 spiro atoms. The summed E-state index contributed by atoms with van der Waals surface area (Å²) < 4.78 is 5.00. The molecule has 1 atom stereocenters. The lowest BCUT2D eigenvalue weighted by molar-refractivity contribution is -0.917. The van der Waals surface area contributed by atoms with E-state index >= 15 is 0 Å². The zero-order valence-corrected chi connectivity index (χ0v) is 14.2. The van der Waals surface area contributed by atoms with Crippen molar-refractivity contribution in [3.05, 3.63) is 29.3 Å². The number of hydrogen-bond donors (Lipinski definition) is 2. The van der Waals surface area contributed by atoms with E-state index < -0.39 is 0 Å². The van der Waals surface area contributed by atoms with Crippen LogP contribution >= 0.6 is 11.6 Å². The van der Waals surface area contributed by atoms with Gasteiger partial charge in [0.1, 0.15) is 0 Å². The van der Waals surface area contributed by atoms with Gasteiger partial charge in [0.15, 0.2) is 6.04 Å². The molecule has 1 heterocycles. The summed E-state index contributed by atoms with van der Waals surface area (Å²) in [4.78, 5) is 26.9. The summed E-state index contributed by atoms with van der Waals surface area (Å²) in [7, 11) is 0. The maximum absolute atomic E-state index is 12.4. The van der Waals surface area contributed by atoms with Crippen molar-refractivity contribution in [1.29, 1.82) is 0 Å². The number of ether oxygens (including phenoxy) is 1. The summed E-state index contributed by atoms with van der Waals surface area (Å²) in [5.74, 6) is -0.0492. The molecule has 6 nitrogen and oxygen atoms in total. The van der Waals surface area contributed by atoms with E-state index in [0.29, 0.717) is 30.4 Å². The number of quaternary nitrogens is 1. The van der Waals surface area contributed by atoms with E-state index in [9.17, 15) is 9.59 Å². The van der Waals surface area contributed by atoms with Crippen molar-refractivity contribution in [3.63, 3.8) is 0 Å². The number of nitrogens with one attached hydrogen (secondary N) is 2. The second-order valence-electron chi connectivity index (χ2n) is 5.57. The third-order valence-corrected chi connectivity index (χ3v) is 4.26. The fourth-order valence-electron chi connectivity index (χ4n) is 2.63. The van der Waals surface area contributed by atoms with Crippen molar-refractivity contribution >= 4 is 29.3 Å². The molecule has 2 amide bonds. The Hall–Kier alpha value is -1.79. The smallest absolute Gasteiger partial charge is 0.410 e. The van der Waals surface area contributed by atoms with E-state index in [4.69, 9.17) is 16.3 Å². The van der Waals surface area contributed by atoms with Crippen molar-refractivity contribution < 1.29 is 19.2 Å². The zero-order chi connectivity index (χ0) is 16.8. The molecule has 0 aliphatic carbocycles. The average Bonchev–Trinajstić information content (AvgIpc) is 2.54. The first-order valence-electron chi connectivity index (χ1n) is 7.84. The number of rotatable bonds is 4. The van der Waals surface area contributed by atoms with E-state index in [2.05, 4.69) is 5.32 Å². The number of hydrogen-bond acceptors (Lipinski definition) is 3. The van der Waals surface area contributed by atoms with Crippen LogP contribution in [0.5, 0.6) is 0 Å². The van der Waals surface area contributed by atoms with E-state index in [-0.39, 0.29) is 18.0 Å². The standard InChI is InChI=1S/C16H22ClN3O3/c1-3-23-16(22)20-9-7-19(8-10-20)12(2)15(21)18-14-6-4-5-13(17)11-14/h4-6,11-12H,3,7-10H2,1-2H3,(H,18,21)/p+1/t12-/m1/s1. The zero-order valence-electron chi connectivity index (χ0n) is 13.5. The molecule has 0 radical (unpaired) electrons. The van der Waals surface area contributed by atoms with Crippen LogP contribution in [-0.2, 0) is 9.53 Å². The van der Waals surface area contributed by atoms with Crippen molar-refractivity contribution in [1.82, 2.24) is 4.90 Å². The van der Waals surface area contributed by atoms with E-state index in [1.54, 1.807) is 30.0 Å². The molecule has 1 aliphatic heterocycles. The second-order valence-corrected chi connectivity index (χ2v) is 6.00. The molecule has 0 saturated carbocycles. The van der Waals surface area contributed by atoms with E-state index in [1.165, 1.54) is 0 Å². The van der Waals surface area contributed by atoms with Crippen molar-refractivity contribution in [2.75, 3.05) is 38.1 Å². The molecule has 7 heteroatoms. The Morgan fingerprint density at radius 1 is 1.39 bits per heavy atom. The number of amides is 2. The van der Waals surface area contributed by atoms with Gasteiger partial charge >= 0.3 is 6.09 Å². The second kappa shape index (κ2) is 8.17. The lowest BCUT2D eigenvalue weighted by atomic mass is 10.2. The highest BCUT2D eigenvalue weighted by Crippen LogP contribution is 2.14. The Labute approximate surface area is 141 Å². The molecule has 1 aromatic carbocycles. The van der Waals surface area contributed by atoms with Crippen LogP contribution in [0.3, 0.4) is 0 Å². The minimum atomic E-state index is -0.275. The summed E-state index contributed by atoms with van der Waals surface area (Å²) in [6.45, 7) is 6.72. The van der Waals surface area contributed by atoms with Crippen LogP contribution in [0, 0.1) is 0 Å². The highest BCUT2D eigenvalue weighted by molar-refractivity contribution is 6.30. The van der Waals surface area contributed by atoms with Crippen molar-refractivity contribution in [2.24, 2.45) is 0 Å². The Balaban J connectivity index is 1.85. The fraction of sp³-hybridized carbons (Fsp3) is 0.500. The Morgan fingerprint density at radius 2 is 2.09 bits per heavy atom. The monoisotopic (exact) mass is 340 g/mol. The first kappa shape index (κ1) is 17.6. The molecule has 2 N–H and O–H groups in total. The number of carbonyl (C=O) groups is 2. The minimum absolute atomic E-state index is 0.0492. The molecule has 0 aromatic heterocycles. The predicted octanol–water partition coefficient (Wildman–Crippen LogP) is 1.02. The van der Waals surface area contributed by atoms with Gasteiger partial charge in [0.05, 0.1) is 32.8 Å². The summed E-state index contributed by atoms with van der Waals surface area (Å²) in [5, 5.41) is 3.47. The molecule has 23 heavy (non-hydrogen) atoms. The predicted molar refractivity (Wildman–Crippen MR) is 88.8 cm³/mol. The Kier molecular flexibility index (Phi) is 6.24. The van der Waals surface area contributed by atoms with Gasteiger partial charge in [-0.2, -0.15) is 0 Å². The van der Waals surface area contributed by atoms with E-state index in [1.807, 2.05) is 13.0 Å². The van der Waals surface area contributed by atoms with Gasteiger partial charge in [-0.15, -0.1) is 0 Å². The van der Waals surface area contributed by atoms with Gasteiger partial charge in [0.25, 0.3) is 5.91 Å². The number of carbonyl (C=O) groups excluding carboxylic acids is 2. The lowest BCUT2D eigenvalue weighted by Gasteiger charge is -2.34. The molecule has 2 rings (SSSR count). The topological polar surface area (TPSA) is 63.1 Å². The summed E-state index contributed by atoms with van der Waals surface area (Å²) in [6, 6.07) is 6.90. The minimum Gasteiger partial charge on any atom is -0.450 e. The molecule has 1 aliphatic rings. The third-order valence-electron chi connectivity index (χ3n) is 4.03. The van der Waals surface area contributed by atoms with Crippen molar-refractivity contribution in [3.8, 4) is 0 Å². The van der Waals surface area contributed by atoms with Gasteiger partial charge in [0.2, 0.25) is 0 Å². The third kappa shape index (κ3) is 4.84. The molecule has 126 valence electrons. The molecule has 0 unspecified atom stereocenters. The number of halogens is 1. The number of benzene rings is 1. The Morgan fingerprint density at radius 3 is 2.70 bits per heavy atom. The molecule has 0 bridgehead atoms. The Bertz CT molecular complexity index is 559. The summed E-state index contributed by atoms with van der Waals surface area (Å²) >= 11 is 5.92. The van der Waals surface area contributed by atoms with Gasteiger partial charge in [-0.3, -0.25) is 9.69 Å². The maximum atomic E-state index is 12.4. The fourth-order valence-corrected chi connectivity index (χ4v) is 2.82. The van der Waals surface area contributed by atoms with Crippen LogP contribution in [-0.4, -0.2) is 55.7 Å². The van der Waals surface area contributed by atoms with Gasteiger partial charge in [0, 0.05) is 10.7 Å². The van der Waals surface area contributed by atoms with Crippen LogP contribution in [0.4, 0.5) is 10.5 Å². The summed E-state index contributed by atoms with van der Waals surface area (Å²) in [6.07, 6.45) is -0.275. The van der Waals surface area contributed by atoms with Gasteiger partial charge in [-0.05, 0) is 32.0 Å². The lowest BCUT2D eigenvalue weighted by Crippen LogP contribution is -3.19. The quantitative estimate of drug-likeness (QED) is 0.860. The van der Waals surface area contributed by atoms with Gasteiger partial charge < -0.3 is 15.0 Å². The summed E-state index contributed by atoms with van der Waals surface area (Å²) in [5.41, 5.74) is 0.693. The molecule has 1 aromatic rings.